The van der Waals surface area contributed by atoms with Crippen LogP contribution in [0, 0.1) is 0 Å². The van der Waals surface area contributed by atoms with Crippen molar-refractivity contribution in [3.05, 3.63) is 82.3 Å². The molecule has 0 aliphatic carbocycles. The van der Waals surface area contributed by atoms with Crippen LogP contribution in [0.25, 0.3) is 11.4 Å². The fourth-order valence-electron chi connectivity index (χ4n) is 2.82. The summed E-state index contributed by atoms with van der Waals surface area (Å²) in [7, 11) is 1.62. The molecular weight excluding hydrogens is 455 g/mol. The maximum atomic E-state index is 12.7. The third-order valence-electron chi connectivity index (χ3n) is 4.43. The summed E-state index contributed by atoms with van der Waals surface area (Å²) in [6, 6.07) is 15.6. The van der Waals surface area contributed by atoms with Crippen LogP contribution in [-0.2, 0) is 6.54 Å². The SMILES string of the molecule is CN(Cc1ccc(Oc2ccccn2)cc1)C(=O)c1nc(-c2cc(Cl)c(O)c(Cl)c2)no1. The predicted molar refractivity (Wildman–Crippen MR) is 118 cm³/mol. The Balaban J connectivity index is 1.42. The van der Waals surface area contributed by atoms with Gasteiger partial charge in [-0.2, -0.15) is 4.98 Å². The van der Waals surface area contributed by atoms with E-state index in [4.69, 9.17) is 32.5 Å². The van der Waals surface area contributed by atoms with Crippen LogP contribution in [0.3, 0.4) is 0 Å². The normalized spacial score (nSPS) is 10.7. The van der Waals surface area contributed by atoms with Crippen LogP contribution in [0.4, 0.5) is 0 Å². The van der Waals surface area contributed by atoms with Crippen molar-refractivity contribution in [1.29, 1.82) is 0 Å². The van der Waals surface area contributed by atoms with Gasteiger partial charge < -0.3 is 19.3 Å². The smallest absolute Gasteiger partial charge is 0.316 e. The van der Waals surface area contributed by atoms with E-state index in [1.54, 1.807) is 31.4 Å². The van der Waals surface area contributed by atoms with Gasteiger partial charge in [0.05, 0.1) is 10.0 Å². The second kappa shape index (κ2) is 9.25. The molecule has 0 atom stereocenters. The van der Waals surface area contributed by atoms with Gasteiger partial charge in [-0.3, -0.25) is 4.79 Å². The van der Waals surface area contributed by atoms with Crippen LogP contribution in [-0.4, -0.2) is 38.1 Å². The average molecular weight is 471 g/mol. The number of hydrogen-bond donors (Lipinski definition) is 1. The molecule has 1 N–H and O–H groups in total. The molecule has 0 aliphatic heterocycles. The Morgan fingerprint density at radius 1 is 1.12 bits per heavy atom. The number of rotatable bonds is 6. The number of aromatic nitrogens is 3. The van der Waals surface area contributed by atoms with Gasteiger partial charge in [0.2, 0.25) is 11.7 Å². The van der Waals surface area contributed by atoms with Crippen LogP contribution >= 0.6 is 23.2 Å². The number of pyridine rings is 1. The monoisotopic (exact) mass is 470 g/mol. The summed E-state index contributed by atoms with van der Waals surface area (Å²) in [6.07, 6.45) is 1.65. The van der Waals surface area contributed by atoms with E-state index in [0.29, 0.717) is 23.7 Å². The summed E-state index contributed by atoms with van der Waals surface area (Å²) in [5.41, 5.74) is 1.29. The number of amides is 1. The van der Waals surface area contributed by atoms with E-state index in [0.717, 1.165) is 5.56 Å². The number of carbonyl (C=O) groups is 1. The van der Waals surface area contributed by atoms with E-state index in [1.165, 1.54) is 17.0 Å². The summed E-state index contributed by atoms with van der Waals surface area (Å²) in [4.78, 5) is 22.4. The second-order valence-electron chi connectivity index (χ2n) is 6.79. The molecule has 32 heavy (non-hydrogen) atoms. The van der Waals surface area contributed by atoms with Gasteiger partial charge in [-0.1, -0.05) is 46.6 Å². The lowest BCUT2D eigenvalue weighted by Gasteiger charge is -2.15. The quantitative estimate of drug-likeness (QED) is 0.412. The molecule has 10 heteroatoms. The molecule has 0 saturated carbocycles. The molecule has 162 valence electrons. The molecule has 4 aromatic rings. The minimum Gasteiger partial charge on any atom is -0.505 e. The molecule has 0 aliphatic rings. The van der Waals surface area contributed by atoms with E-state index < -0.39 is 5.91 Å². The zero-order chi connectivity index (χ0) is 22.7. The number of hydrogen-bond acceptors (Lipinski definition) is 7. The Morgan fingerprint density at radius 3 is 2.50 bits per heavy atom. The molecule has 0 radical (unpaired) electrons. The average Bonchev–Trinajstić information content (AvgIpc) is 3.29. The third-order valence-corrected chi connectivity index (χ3v) is 5.01. The highest BCUT2D eigenvalue weighted by Crippen LogP contribution is 2.35. The first-order valence-electron chi connectivity index (χ1n) is 9.36. The van der Waals surface area contributed by atoms with Gasteiger partial charge in [0.1, 0.15) is 5.75 Å². The molecule has 0 saturated heterocycles. The number of ether oxygens (including phenoxy) is 1. The summed E-state index contributed by atoms with van der Waals surface area (Å²) >= 11 is 11.9. The van der Waals surface area contributed by atoms with Gasteiger partial charge >= 0.3 is 11.8 Å². The lowest BCUT2D eigenvalue weighted by Crippen LogP contribution is -2.26. The number of halogens is 2. The van der Waals surface area contributed by atoms with Gasteiger partial charge in [0.15, 0.2) is 5.75 Å². The van der Waals surface area contributed by atoms with Crippen molar-refractivity contribution in [2.75, 3.05) is 7.05 Å². The highest BCUT2D eigenvalue weighted by molar-refractivity contribution is 6.37. The summed E-state index contributed by atoms with van der Waals surface area (Å²) in [5, 5.41) is 13.6. The Kier molecular flexibility index (Phi) is 6.25. The fraction of sp³-hybridized carbons (Fsp3) is 0.0909. The number of benzene rings is 2. The zero-order valence-corrected chi connectivity index (χ0v) is 18.2. The molecule has 8 nitrogen and oxygen atoms in total. The van der Waals surface area contributed by atoms with E-state index in [1.807, 2.05) is 24.3 Å². The minimum absolute atomic E-state index is 0.0396. The molecule has 0 fully saturated rings. The molecule has 2 aromatic heterocycles. The fourth-order valence-corrected chi connectivity index (χ4v) is 3.31. The van der Waals surface area contributed by atoms with E-state index >= 15 is 0 Å². The first-order valence-corrected chi connectivity index (χ1v) is 10.1. The molecule has 2 aromatic carbocycles. The molecule has 2 heterocycles. The van der Waals surface area contributed by atoms with Crippen LogP contribution in [0.1, 0.15) is 16.2 Å². The Bertz CT molecular complexity index is 1220. The highest BCUT2D eigenvalue weighted by atomic mass is 35.5. The number of aromatic hydroxyl groups is 1. The molecule has 1 amide bonds. The number of nitrogens with zero attached hydrogens (tertiary/aromatic N) is 4. The largest absolute Gasteiger partial charge is 0.505 e. The van der Waals surface area contributed by atoms with Gasteiger partial charge in [-0.15, -0.1) is 0 Å². The molecular formula is C22H16Cl2N4O4. The van der Waals surface area contributed by atoms with Gasteiger partial charge in [-0.25, -0.2) is 4.98 Å². The van der Waals surface area contributed by atoms with E-state index in [-0.39, 0.29) is 27.5 Å². The lowest BCUT2D eigenvalue weighted by atomic mass is 10.2. The van der Waals surface area contributed by atoms with E-state index in [2.05, 4.69) is 15.1 Å². The van der Waals surface area contributed by atoms with Crippen molar-refractivity contribution in [1.82, 2.24) is 20.0 Å². The number of phenolic OH excluding ortho intramolecular Hbond substituents is 1. The maximum absolute atomic E-state index is 12.7. The summed E-state index contributed by atoms with van der Waals surface area (Å²) in [5.74, 6) is 0.381. The summed E-state index contributed by atoms with van der Waals surface area (Å²) < 4.78 is 10.8. The Labute approximate surface area is 193 Å². The van der Waals surface area contributed by atoms with Crippen LogP contribution < -0.4 is 4.74 Å². The molecule has 0 unspecified atom stereocenters. The Hall–Kier alpha value is -3.62. The van der Waals surface area contributed by atoms with Crippen molar-refractivity contribution in [3.8, 4) is 28.8 Å². The van der Waals surface area contributed by atoms with E-state index in [9.17, 15) is 9.90 Å². The topological polar surface area (TPSA) is 102 Å². The first kappa shape index (κ1) is 21.6. The molecule has 0 spiro atoms. The predicted octanol–water partition coefficient (Wildman–Crippen LogP) is 5.21. The molecule has 4 rings (SSSR count). The zero-order valence-electron chi connectivity index (χ0n) is 16.7. The standard InChI is InChI=1S/C22H16Cl2N4O4/c1-28(12-13-5-7-15(8-6-13)31-18-4-2-3-9-25-18)22(30)21-26-20(27-32-21)14-10-16(23)19(29)17(24)11-14/h2-11,29H,12H2,1H3. The molecule has 0 bridgehead atoms. The van der Waals surface area contributed by atoms with Crippen molar-refractivity contribution >= 4 is 29.1 Å². The van der Waals surface area contributed by atoms with Gasteiger partial charge in [0, 0.05) is 31.4 Å². The number of carbonyl (C=O) groups excluding carboxylic acids is 1. The van der Waals surface area contributed by atoms with Gasteiger partial charge in [-0.05, 0) is 35.9 Å². The van der Waals surface area contributed by atoms with Crippen molar-refractivity contribution < 1.29 is 19.2 Å². The van der Waals surface area contributed by atoms with Gasteiger partial charge in [0.25, 0.3) is 0 Å². The lowest BCUT2D eigenvalue weighted by molar-refractivity contribution is 0.0735. The highest BCUT2D eigenvalue weighted by Gasteiger charge is 2.21. The van der Waals surface area contributed by atoms with Crippen LogP contribution in [0.15, 0.2) is 65.3 Å². The third kappa shape index (κ3) is 4.82. The number of phenols is 1. The van der Waals surface area contributed by atoms with Crippen molar-refractivity contribution in [2.45, 2.75) is 6.54 Å². The van der Waals surface area contributed by atoms with Crippen LogP contribution in [0.2, 0.25) is 10.0 Å². The summed E-state index contributed by atoms with van der Waals surface area (Å²) in [6.45, 7) is 0.317. The van der Waals surface area contributed by atoms with Crippen molar-refractivity contribution in [2.24, 2.45) is 0 Å². The minimum atomic E-state index is -0.450. The van der Waals surface area contributed by atoms with Crippen LogP contribution in [0.5, 0.6) is 17.4 Å². The second-order valence-corrected chi connectivity index (χ2v) is 7.60. The maximum Gasteiger partial charge on any atom is 0.316 e. The Morgan fingerprint density at radius 2 is 1.84 bits per heavy atom. The van der Waals surface area contributed by atoms with Crippen molar-refractivity contribution in [3.63, 3.8) is 0 Å². The first-order chi connectivity index (χ1) is 15.4.